The number of aliphatic carboxylic acids is 1. The number of rotatable bonds is 12. The second-order valence-electron chi connectivity index (χ2n) is 8.77. The summed E-state index contributed by atoms with van der Waals surface area (Å²) in [5.41, 5.74) is 4.89. The van der Waals surface area contributed by atoms with Crippen molar-refractivity contribution in [3.63, 3.8) is 0 Å². The monoisotopic (exact) mass is 473 g/mol. The molecule has 0 amide bonds. The number of fused-ring (bicyclic) bond motifs is 1. The van der Waals surface area contributed by atoms with E-state index in [1.807, 2.05) is 54.6 Å². The van der Waals surface area contributed by atoms with Gasteiger partial charge in [-0.2, -0.15) is 0 Å². The minimum atomic E-state index is -0.758. The predicted octanol–water partition coefficient (Wildman–Crippen LogP) is 5.90. The molecule has 6 nitrogen and oxygen atoms in total. The van der Waals surface area contributed by atoms with Gasteiger partial charge >= 0.3 is 5.97 Å². The zero-order valence-electron chi connectivity index (χ0n) is 20.2. The van der Waals surface area contributed by atoms with E-state index in [-0.39, 0.29) is 0 Å². The standard InChI is InChI=1S/C29H31NO5/c1-33-26-16-13-21(18-28(26)34-2)12-15-25-24-14-11-22(19-27(24)35-30-25)17-23(29(31)32)10-6-9-20-7-4-3-5-8-20/h3-5,7-8,11,13-14,16,18-19,23H,6,9-10,12,15,17H2,1-2H3,(H,31,32). The summed E-state index contributed by atoms with van der Waals surface area (Å²) in [6.07, 6.45) is 4.34. The summed E-state index contributed by atoms with van der Waals surface area (Å²) in [6.45, 7) is 0. The van der Waals surface area contributed by atoms with E-state index < -0.39 is 11.9 Å². The van der Waals surface area contributed by atoms with Gasteiger partial charge in [-0.1, -0.05) is 47.6 Å². The molecule has 4 rings (SSSR count). The zero-order chi connectivity index (χ0) is 24.6. The minimum absolute atomic E-state index is 0.427. The van der Waals surface area contributed by atoms with Crippen LogP contribution in [-0.2, 0) is 30.5 Å². The van der Waals surface area contributed by atoms with Crippen molar-refractivity contribution in [1.82, 2.24) is 5.16 Å². The van der Waals surface area contributed by atoms with Crippen LogP contribution in [0, 0.1) is 5.92 Å². The molecule has 1 unspecified atom stereocenters. The fourth-order valence-electron chi connectivity index (χ4n) is 4.43. The van der Waals surface area contributed by atoms with Crippen molar-refractivity contribution in [3.05, 3.63) is 89.1 Å². The molecule has 1 aromatic heterocycles. The first-order chi connectivity index (χ1) is 17.1. The van der Waals surface area contributed by atoms with E-state index in [0.717, 1.165) is 47.9 Å². The topological polar surface area (TPSA) is 81.8 Å². The van der Waals surface area contributed by atoms with Crippen LogP contribution in [0.5, 0.6) is 11.5 Å². The SMILES string of the molecule is COc1ccc(CCc2noc3cc(CC(CCCc4ccccc4)C(=O)O)ccc23)cc1OC. The Morgan fingerprint density at radius 2 is 1.66 bits per heavy atom. The van der Waals surface area contributed by atoms with E-state index in [2.05, 4.69) is 17.3 Å². The number of ether oxygens (including phenoxy) is 2. The van der Waals surface area contributed by atoms with Crippen molar-refractivity contribution in [2.45, 2.75) is 38.5 Å². The molecule has 4 aromatic rings. The highest BCUT2D eigenvalue weighted by molar-refractivity contribution is 5.80. The van der Waals surface area contributed by atoms with Crippen molar-refractivity contribution < 1.29 is 23.9 Å². The van der Waals surface area contributed by atoms with Gasteiger partial charge in [0.15, 0.2) is 17.1 Å². The summed E-state index contributed by atoms with van der Waals surface area (Å²) in [4.78, 5) is 11.9. The number of hydrogen-bond acceptors (Lipinski definition) is 5. The predicted molar refractivity (Wildman–Crippen MR) is 135 cm³/mol. The molecule has 1 N–H and O–H groups in total. The maximum Gasteiger partial charge on any atom is 0.306 e. The molecule has 0 fully saturated rings. The number of carboxylic acids is 1. The van der Waals surface area contributed by atoms with Crippen LogP contribution in [0.2, 0.25) is 0 Å². The molecule has 0 saturated heterocycles. The third-order valence-corrected chi connectivity index (χ3v) is 6.40. The number of methoxy groups -OCH3 is 2. The summed E-state index contributed by atoms with van der Waals surface area (Å²) in [5.74, 6) is 0.224. The molecule has 0 radical (unpaired) electrons. The normalized spacial score (nSPS) is 11.9. The molecule has 6 heteroatoms. The van der Waals surface area contributed by atoms with E-state index in [1.165, 1.54) is 5.56 Å². The molecule has 0 aliphatic rings. The Kier molecular flexibility index (Phi) is 8.03. The number of benzene rings is 3. The van der Waals surface area contributed by atoms with Crippen LogP contribution in [0.25, 0.3) is 11.0 Å². The summed E-state index contributed by atoms with van der Waals surface area (Å²) in [5, 5.41) is 15.0. The number of carbonyl (C=O) groups is 1. The molecule has 0 saturated carbocycles. The fraction of sp³-hybridized carbons (Fsp3) is 0.310. The van der Waals surface area contributed by atoms with Crippen LogP contribution in [0.4, 0.5) is 0 Å². The van der Waals surface area contributed by atoms with Crippen molar-refractivity contribution >= 4 is 16.9 Å². The van der Waals surface area contributed by atoms with Crippen molar-refractivity contribution in [3.8, 4) is 11.5 Å². The minimum Gasteiger partial charge on any atom is -0.493 e. The lowest BCUT2D eigenvalue weighted by atomic mass is 9.92. The van der Waals surface area contributed by atoms with Crippen LogP contribution in [-0.4, -0.2) is 30.5 Å². The molecular weight excluding hydrogens is 442 g/mol. The molecule has 1 heterocycles. The van der Waals surface area contributed by atoms with Gasteiger partial charge in [0.05, 0.1) is 25.8 Å². The van der Waals surface area contributed by atoms with Crippen LogP contribution >= 0.6 is 0 Å². The Balaban J connectivity index is 1.38. The molecule has 3 aromatic carbocycles. The molecule has 35 heavy (non-hydrogen) atoms. The fourth-order valence-corrected chi connectivity index (χ4v) is 4.43. The van der Waals surface area contributed by atoms with Crippen LogP contribution < -0.4 is 9.47 Å². The van der Waals surface area contributed by atoms with Gasteiger partial charge in [-0.25, -0.2) is 0 Å². The van der Waals surface area contributed by atoms with E-state index >= 15 is 0 Å². The zero-order valence-corrected chi connectivity index (χ0v) is 20.2. The highest BCUT2D eigenvalue weighted by atomic mass is 16.5. The second kappa shape index (κ2) is 11.6. The average molecular weight is 474 g/mol. The lowest BCUT2D eigenvalue weighted by Gasteiger charge is -2.12. The van der Waals surface area contributed by atoms with Crippen molar-refractivity contribution in [2.24, 2.45) is 5.92 Å². The van der Waals surface area contributed by atoms with Gasteiger partial charge in [0.2, 0.25) is 0 Å². The molecule has 0 aliphatic heterocycles. The maximum atomic E-state index is 11.9. The van der Waals surface area contributed by atoms with Gasteiger partial charge in [-0.05, 0) is 79.5 Å². The van der Waals surface area contributed by atoms with Gasteiger partial charge < -0.3 is 19.1 Å². The molecule has 0 bridgehead atoms. The van der Waals surface area contributed by atoms with Gasteiger partial charge in [-0.15, -0.1) is 0 Å². The quantitative estimate of drug-likeness (QED) is 0.276. The molecule has 182 valence electrons. The van der Waals surface area contributed by atoms with Crippen molar-refractivity contribution in [1.29, 1.82) is 0 Å². The smallest absolute Gasteiger partial charge is 0.306 e. The van der Waals surface area contributed by atoms with E-state index in [9.17, 15) is 9.90 Å². The summed E-state index contributed by atoms with van der Waals surface area (Å²) < 4.78 is 16.3. The van der Waals surface area contributed by atoms with Crippen LogP contribution in [0.1, 0.15) is 35.2 Å². The first-order valence-corrected chi connectivity index (χ1v) is 11.9. The van der Waals surface area contributed by atoms with Gasteiger partial charge in [0, 0.05) is 5.39 Å². The Hall–Kier alpha value is -3.80. The highest BCUT2D eigenvalue weighted by Gasteiger charge is 2.19. The Bertz CT molecular complexity index is 1260. The van der Waals surface area contributed by atoms with Crippen molar-refractivity contribution in [2.75, 3.05) is 14.2 Å². The van der Waals surface area contributed by atoms with Crippen LogP contribution in [0.3, 0.4) is 0 Å². The number of carboxylic acid groups (broad SMARTS) is 1. The number of aryl methyl sites for hydroxylation is 3. The summed E-state index contributed by atoms with van der Waals surface area (Å²) >= 11 is 0. The van der Waals surface area contributed by atoms with Gasteiger partial charge in [-0.3, -0.25) is 4.79 Å². The second-order valence-corrected chi connectivity index (χ2v) is 8.77. The number of aromatic nitrogens is 1. The highest BCUT2D eigenvalue weighted by Crippen LogP contribution is 2.29. The van der Waals surface area contributed by atoms with Gasteiger partial charge in [0.25, 0.3) is 0 Å². The average Bonchev–Trinajstić information content (AvgIpc) is 3.29. The lowest BCUT2D eigenvalue weighted by Crippen LogP contribution is -2.16. The van der Waals surface area contributed by atoms with E-state index in [0.29, 0.717) is 29.9 Å². The third-order valence-electron chi connectivity index (χ3n) is 6.40. The first kappa shape index (κ1) is 24.3. The first-order valence-electron chi connectivity index (χ1n) is 11.9. The Labute approximate surface area is 205 Å². The third kappa shape index (κ3) is 6.21. The lowest BCUT2D eigenvalue weighted by molar-refractivity contribution is -0.142. The Morgan fingerprint density at radius 3 is 2.40 bits per heavy atom. The summed E-state index contributed by atoms with van der Waals surface area (Å²) in [6, 6.07) is 22.0. The van der Waals surface area contributed by atoms with Crippen LogP contribution in [0.15, 0.2) is 71.3 Å². The largest absolute Gasteiger partial charge is 0.493 e. The van der Waals surface area contributed by atoms with Gasteiger partial charge in [0.1, 0.15) is 0 Å². The maximum absolute atomic E-state index is 11.9. The molecular formula is C29H31NO5. The van der Waals surface area contributed by atoms with E-state index in [1.54, 1.807) is 14.2 Å². The molecule has 1 atom stereocenters. The number of hydrogen-bond donors (Lipinski definition) is 1. The molecule has 0 spiro atoms. The Morgan fingerprint density at radius 1 is 0.886 bits per heavy atom. The number of nitrogens with zero attached hydrogens (tertiary/aromatic N) is 1. The molecule has 0 aliphatic carbocycles. The van der Waals surface area contributed by atoms with E-state index in [4.69, 9.17) is 14.0 Å². The summed E-state index contributed by atoms with van der Waals surface area (Å²) in [7, 11) is 3.25.